The molecule has 0 radical (unpaired) electrons. The molecule has 1 fully saturated rings. The molecule has 2 aromatic heterocycles. The fourth-order valence-electron chi connectivity index (χ4n) is 3.58. The highest BCUT2D eigenvalue weighted by Gasteiger charge is 2.26. The Morgan fingerprint density at radius 3 is 2.84 bits per heavy atom. The van der Waals surface area contributed by atoms with Crippen LogP contribution in [0.5, 0.6) is 0 Å². The lowest BCUT2D eigenvalue weighted by Crippen LogP contribution is -2.44. The number of benzene rings is 1. The molecule has 5 N–H and O–H groups in total. The maximum Gasteiger partial charge on any atom is 0.272 e. The van der Waals surface area contributed by atoms with Gasteiger partial charge in [0.15, 0.2) is 11.4 Å². The third-order valence-electron chi connectivity index (χ3n) is 5.53. The van der Waals surface area contributed by atoms with Crippen LogP contribution in [-0.2, 0) is 26.5 Å². The second-order valence-corrected chi connectivity index (χ2v) is 8.40. The number of rotatable bonds is 7. The summed E-state index contributed by atoms with van der Waals surface area (Å²) in [6.45, 7) is 3.41. The average molecular weight is 506 g/mol. The van der Waals surface area contributed by atoms with E-state index in [4.69, 9.17) is 25.1 Å². The van der Waals surface area contributed by atoms with Gasteiger partial charge < -0.3 is 35.1 Å². The van der Waals surface area contributed by atoms with Crippen molar-refractivity contribution in [3.63, 3.8) is 0 Å². The Kier molecular flexibility index (Phi) is 7.78. The first-order valence-electron chi connectivity index (χ1n) is 11.4. The van der Waals surface area contributed by atoms with Crippen molar-refractivity contribution in [2.45, 2.75) is 19.1 Å². The van der Waals surface area contributed by atoms with E-state index in [1.165, 1.54) is 20.2 Å². The molecule has 0 bridgehead atoms. The van der Waals surface area contributed by atoms with Crippen LogP contribution in [0.4, 0.5) is 17.5 Å². The summed E-state index contributed by atoms with van der Waals surface area (Å²) in [7, 11) is 1.53. The number of carbonyl (C=O) groups is 1. The summed E-state index contributed by atoms with van der Waals surface area (Å²) in [5.74, 6) is 6.23. The minimum atomic E-state index is -1.60. The number of aliphatic hydroxyl groups is 1. The molecule has 1 unspecified atom stereocenters. The van der Waals surface area contributed by atoms with Crippen molar-refractivity contribution in [3.05, 3.63) is 59.1 Å². The number of aromatic nitrogens is 3. The minimum Gasteiger partial charge on any atom is -0.378 e. The topological polar surface area (TPSA) is 173 Å². The van der Waals surface area contributed by atoms with Crippen LogP contribution in [0.25, 0.3) is 0 Å². The molecule has 0 aliphatic carbocycles. The van der Waals surface area contributed by atoms with Crippen LogP contribution in [0.3, 0.4) is 0 Å². The Morgan fingerprint density at radius 1 is 1.32 bits per heavy atom. The highest BCUT2D eigenvalue weighted by Crippen LogP contribution is 2.24. The predicted molar refractivity (Wildman–Crippen MR) is 134 cm³/mol. The summed E-state index contributed by atoms with van der Waals surface area (Å²) >= 11 is 0. The summed E-state index contributed by atoms with van der Waals surface area (Å²) in [6, 6.07) is 8.14. The largest absolute Gasteiger partial charge is 0.378 e. The zero-order chi connectivity index (χ0) is 26.4. The van der Waals surface area contributed by atoms with Crippen LogP contribution in [-0.4, -0.2) is 70.2 Å². The number of ether oxygens (including phenoxy) is 2. The Bertz CT molecular complexity index is 1350. The van der Waals surface area contributed by atoms with Crippen LogP contribution >= 0.6 is 0 Å². The molecule has 3 heterocycles. The van der Waals surface area contributed by atoms with Gasteiger partial charge in [-0.1, -0.05) is 17.0 Å². The van der Waals surface area contributed by atoms with Crippen molar-refractivity contribution in [2.24, 2.45) is 0 Å². The molecule has 192 valence electrons. The molecular weight excluding hydrogens is 478 g/mol. The molecule has 37 heavy (non-hydrogen) atoms. The molecule has 12 nitrogen and oxygen atoms in total. The van der Waals surface area contributed by atoms with Gasteiger partial charge in [0.2, 0.25) is 5.95 Å². The number of hydrogen-bond donors (Lipinski definition) is 4. The zero-order valence-electron chi connectivity index (χ0n) is 20.4. The Morgan fingerprint density at radius 2 is 2.11 bits per heavy atom. The summed E-state index contributed by atoms with van der Waals surface area (Å²) in [5.41, 5.74) is 5.46. The number of methoxy groups -OCH3 is 1. The average Bonchev–Trinajstić information content (AvgIpc) is 3.37. The number of hydrogen-bond acceptors (Lipinski definition) is 11. The van der Waals surface area contributed by atoms with Crippen molar-refractivity contribution >= 4 is 29.1 Å². The van der Waals surface area contributed by atoms with Crippen molar-refractivity contribution < 1.29 is 23.9 Å². The van der Waals surface area contributed by atoms with E-state index < -0.39 is 11.5 Å². The number of anilines is 3. The molecule has 1 aliphatic heterocycles. The number of carbonyl (C=O) groups excluding carboxylic acids is 1. The predicted octanol–water partition coefficient (Wildman–Crippen LogP) is 1.42. The lowest BCUT2D eigenvalue weighted by Gasteiger charge is -2.27. The number of amides is 1. The van der Waals surface area contributed by atoms with E-state index in [-0.39, 0.29) is 24.0 Å². The molecule has 1 amide bonds. The molecule has 1 aliphatic rings. The van der Waals surface area contributed by atoms with Crippen LogP contribution in [0.2, 0.25) is 0 Å². The molecule has 1 aromatic carbocycles. The van der Waals surface area contributed by atoms with E-state index in [0.29, 0.717) is 54.7 Å². The van der Waals surface area contributed by atoms with Gasteiger partial charge in [0.1, 0.15) is 23.8 Å². The van der Waals surface area contributed by atoms with E-state index >= 15 is 0 Å². The van der Waals surface area contributed by atoms with Crippen LogP contribution in [0.15, 0.2) is 41.1 Å². The number of nitrogen functional groups attached to an aromatic ring is 1. The number of nitrogens with two attached hydrogens (primary N) is 1. The van der Waals surface area contributed by atoms with Gasteiger partial charge in [-0.05, 0) is 31.2 Å². The first-order chi connectivity index (χ1) is 17.8. The lowest BCUT2D eigenvalue weighted by molar-refractivity contribution is -0.128. The van der Waals surface area contributed by atoms with Gasteiger partial charge >= 0.3 is 0 Å². The molecule has 0 spiro atoms. The highest BCUT2D eigenvalue weighted by molar-refractivity contribution is 6.45. The fourth-order valence-corrected chi connectivity index (χ4v) is 3.58. The Hall–Kier alpha value is -4.31. The van der Waals surface area contributed by atoms with Gasteiger partial charge in [0.05, 0.1) is 18.9 Å². The summed E-state index contributed by atoms with van der Waals surface area (Å²) < 4.78 is 15.5. The number of morpholine rings is 1. The van der Waals surface area contributed by atoms with Crippen molar-refractivity contribution in [3.8, 4) is 11.8 Å². The van der Waals surface area contributed by atoms with Gasteiger partial charge in [0.25, 0.3) is 5.91 Å². The van der Waals surface area contributed by atoms with Gasteiger partial charge in [-0.15, -0.1) is 0 Å². The maximum absolute atomic E-state index is 13.0. The third kappa shape index (κ3) is 6.28. The number of nitrogens with zero attached hydrogens (tertiary/aromatic N) is 4. The van der Waals surface area contributed by atoms with E-state index in [1.807, 2.05) is 0 Å². The van der Waals surface area contributed by atoms with Gasteiger partial charge in [-0.25, -0.2) is 4.98 Å². The summed E-state index contributed by atoms with van der Waals surface area (Å²) in [6.07, 6.45) is 1.49. The molecule has 1 saturated heterocycles. The smallest absolute Gasteiger partial charge is 0.272 e. The second kappa shape index (κ2) is 11.2. The summed E-state index contributed by atoms with van der Waals surface area (Å²) in [4.78, 5) is 22.6. The Labute approximate surface area is 213 Å². The van der Waals surface area contributed by atoms with Crippen molar-refractivity contribution in [1.29, 1.82) is 5.41 Å². The lowest BCUT2D eigenvalue weighted by atomic mass is 10.0. The van der Waals surface area contributed by atoms with E-state index in [1.54, 1.807) is 35.2 Å². The molecule has 0 saturated carbocycles. The van der Waals surface area contributed by atoms with Crippen LogP contribution in [0, 0.1) is 17.3 Å². The van der Waals surface area contributed by atoms with Gasteiger partial charge in [0, 0.05) is 43.6 Å². The normalized spacial score (nSPS) is 14.8. The molecule has 12 heteroatoms. The molecular formula is C25H27N7O5. The maximum atomic E-state index is 13.0. The zero-order valence-corrected chi connectivity index (χ0v) is 20.4. The van der Waals surface area contributed by atoms with Crippen LogP contribution < -0.4 is 11.1 Å². The standard InChI is InChI=1S/C25H27N7O5/c1-25(34,20-14-17(15-35-2)37-31-20)7-5-16-3-4-18(22(26)23(33)32-9-11-36-12-10-32)19(13-16)29-21-6-8-28-24(27)30-21/h3-4,6,8,13-14,26,34H,9-12,15H2,1-2H3,(H3,27,28,29,30). The quantitative estimate of drug-likeness (QED) is 0.272. The van der Waals surface area contributed by atoms with Crippen molar-refractivity contribution in [1.82, 2.24) is 20.0 Å². The van der Waals surface area contributed by atoms with Crippen LogP contribution in [0.1, 0.15) is 29.5 Å². The molecule has 3 aromatic rings. The third-order valence-corrected chi connectivity index (χ3v) is 5.53. The Balaban J connectivity index is 1.65. The molecule has 4 rings (SSSR count). The fraction of sp³-hybridized carbons (Fsp3) is 0.320. The van der Waals surface area contributed by atoms with Gasteiger partial charge in [-0.3, -0.25) is 10.2 Å². The van der Waals surface area contributed by atoms with Crippen molar-refractivity contribution in [2.75, 3.05) is 44.5 Å². The van der Waals surface area contributed by atoms with E-state index in [0.717, 1.165) is 0 Å². The minimum absolute atomic E-state index is 0.0680. The van der Waals surface area contributed by atoms with Gasteiger partial charge in [-0.2, -0.15) is 4.98 Å². The monoisotopic (exact) mass is 505 g/mol. The molecule has 1 atom stereocenters. The highest BCUT2D eigenvalue weighted by atomic mass is 16.5. The SMILES string of the molecule is COCc1cc(C(C)(O)C#Cc2ccc(C(=N)C(=O)N3CCOCC3)c(Nc3ccnc(N)n3)c2)no1. The summed E-state index contributed by atoms with van der Waals surface area (Å²) in [5, 5.41) is 26.4. The first-order valence-corrected chi connectivity index (χ1v) is 11.4. The van der Waals surface area contributed by atoms with E-state index in [2.05, 4.69) is 32.3 Å². The van der Waals surface area contributed by atoms with E-state index in [9.17, 15) is 9.90 Å². The first kappa shape index (κ1) is 25.8. The number of nitrogens with one attached hydrogen (secondary N) is 2. The second-order valence-electron chi connectivity index (χ2n) is 8.40.